The topological polar surface area (TPSA) is 58.5 Å². The molecule has 5 heteroatoms. The first kappa shape index (κ1) is 11.4. The van der Waals surface area contributed by atoms with Crippen LogP contribution in [0.25, 0.3) is 0 Å². The lowest BCUT2D eigenvalue weighted by atomic mass is 10.0. The fourth-order valence-electron chi connectivity index (χ4n) is 2.11. The van der Waals surface area contributed by atoms with Crippen LogP contribution >= 0.6 is 0 Å². The molecule has 5 nitrogen and oxygen atoms in total. The Hall–Kier alpha value is -1.07. The predicted octanol–water partition coefficient (Wildman–Crippen LogP) is 0.664. The number of hydrogen-bond acceptors (Lipinski definition) is 5. The highest BCUT2D eigenvalue weighted by molar-refractivity contribution is 5.27. The van der Waals surface area contributed by atoms with Crippen LogP contribution in [0.5, 0.6) is 0 Å². The van der Waals surface area contributed by atoms with Crippen molar-refractivity contribution in [3.8, 4) is 0 Å². The smallest absolute Gasteiger partial charge is 0.297 e. The quantitative estimate of drug-likeness (QED) is 0.817. The van der Waals surface area contributed by atoms with Gasteiger partial charge in [-0.15, -0.1) is 0 Å². The first-order valence-corrected chi connectivity index (χ1v) is 5.76. The molecule has 0 radical (unpaired) electrons. The number of nitrogens with zero attached hydrogens (tertiary/aromatic N) is 3. The van der Waals surface area contributed by atoms with Gasteiger partial charge in [0.1, 0.15) is 6.26 Å². The highest BCUT2D eigenvalue weighted by Crippen LogP contribution is 2.20. The van der Waals surface area contributed by atoms with Crippen molar-refractivity contribution in [2.75, 3.05) is 32.1 Å². The van der Waals surface area contributed by atoms with Crippen molar-refractivity contribution < 1.29 is 4.42 Å². The molecule has 16 heavy (non-hydrogen) atoms. The van der Waals surface area contributed by atoms with Crippen LogP contribution < -0.4 is 10.6 Å². The number of oxazole rings is 1. The number of rotatable bonds is 3. The second-order valence-electron chi connectivity index (χ2n) is 4.51. The number of nitrogens with two attached hydrogens (primary N) is 1. The van der Waals surface area contributed by atoms with E-state index in [4.69, 9.17) is 10.2 Å². The minimum atomic E-state index is 0.442. The van der Waals surface area contributed by atoms with Gasteiger partial charge in [-0.25, -0.2) is 0 Å². The van der Waals surface area contributed by atoms with Crippen molar-refractivity contribution in [2.45, 2.75) is 25.4 Å². The van der Waals surface area contributed by atoms with E-state index in [2.05, 4.69) is 28.9 Å². The van der Waals surface area contributed by atoms with Crippen LogP contribution in [0.2, 0.25) is 0 Å². The molecule has 1 aromatic rings. The molecule has 2 N–H and O–H groups in total. The zero-order chi connectivity index (χ0) is 11.5. The molecule has 0 bridgehead atoms. The SMILES string of the molecule is CN(C)C1CCN(c2nc(CN)co2)CC1. The molecule has 1 fully saturated rings. The van der Waals surface area contributed by atoms with E-state index in [0.29, 0.717) is 12.6 Å². The third-order valence-corrected chi connectivity index (χ3v) is 3.21. The van der Waals surface area contributed by atoms with Crippen LogP contribution in [0.3, 0.4) is 0 Å². The van der Waals surface area contributed by atoms with Crippen molar-refractivity contribution in [3.63, 3.8) is 0 Å². The lowest BCUT2D eigenvalue weighted by molar-refractivity contribution is 0.246. The first-order valence-electron chi connectivity index (χ1n) is 5.76. The van der Waals surface area contributed by atoms with Crippen molar-refractivity contribution in [1.82, 2.24) is 9.88 Å². The summed E-state index contributed by atoms with van der Waals surface area (Å²) in [4.78, 5) is 8.83. The Bertz CT molecular complexity index is 328. The molecule has 2 rings (SSSR count). The van der Waals surface area contributed by atoms with E-state index in [0.717, 1.165) is 37.6 Å². The minimum absolute atomic E-state index is 0.442. The third-order valence-electron chi connectivity index (χ3n) is 3.21. The van der Waals surface area contributed by atoms with Gasteiger partial charge < -0.3 is 20.0 Å². The molecule has 0 unspecified atom stereocenters. The van der Waals surface area contributed by atoms with Gasteiger partial charge in [0.05, 0.1) is 5.69 Å². The zero-order valence-corrected chi connectivity index (χ0v) is 10.0. The molecule has 0 aliphatic carbocycles. The van der Waals surface area contributed by atoms with Crippen LogP contribution in [0.15, 0.2) is 10.7 Å². The van der Waals surface area contributed by atoms with E-state index in [-0.39, 0.29) is 0 Å². The van der Waals surface area contributed by atoms with Gasteiger partial charge in [0.15, 0.2) is 0 Å². The lowest BCUT2D eigenvalue weighted by Crippen LogP contribution is -2.42. The van der Waals surface area contributed by atoms with Crippen LogP contribution in [0, 0.1) is 0 Å². The number of aromatic nitrogens is 1. The summed E-state index contributed by atoms with van der Waals surface area (Å²) in [5.74, 6) is 0. The van der Waals surface area contributed by atoms with E-state index in [1.807, 2.05) is 0 Å². The van der Waals surface area contributed by atoms with Crippen LogP contribution in [-0.4, -0.2) is 43.1 Å². The normalized spacial score (nSPS) is 18.4. The van der Waals surface area contributed by atoms with E-state index >= 15 is 0 Å². The Morgan fingerprint density at radius 2 is 2.19 bits per heavy atom. The van der Waals surface area contributed by atoms with Crippen molar-refractivity contribution >= 4 is 6.01 Å². The van der Waals surface area contributed by atoms with Crippen LogP contribution in [-0.2, 0) is 6.54 Å². The van der Waals surface area contributed by atoms with E-state index < -0.39 is 0 Å². The van der Waals surface area contributed by atoms with Crippen molar-refractivity contribution in [2.24, 2.45) is 5.73 Å². The Balaban J connectivity index is 1.93. The maximum Gasteiger partial charge on any atom is 0.297 e. The van der Waals surface area contributed by atoms with Gasteiger partial charge in [-0.3, -0.25) is 0 Å². The molecule has 90 valence electrons. The third kappa shape index (κ3) is 2.36. The van der Waals surface area contributed by atoms with Gasteiger partial charge in [-0.1, -0.05) is 0 Å². The molecular weight excluding hydrogens is 204 g/mol. The summed E-state index contributed by atoms with van der Waals surface area (Å²) in [6.45, 7) is 2.46. The zero-order valence-electron chi connectivity index (χ0n) is 10.0. The molecule has 0 aromatic carbocycles. The molecule has 0 amide bonds. The Labute approximate surface area is 96.2 Å². The fourth-order valence-corrected chi connectivity index (χ4v) is 2.11. The maximum absolute atomic E-state index is 5.51. The summed E-state index contributed by atoms with van der Waals surface area (Å²) < 4.78 is 5.41. The Morgan fingerprint density at radius 3 is 2.69 bits per heavy atom. The average molecular weight is 224 g/mol. The molecule has 0 saturated carbocycles. The fraction of sp³-hybridized carbons (Fsp3) is 0.727. The second-order valence-corrected chi connectivity index (χ2v) is 4.51. The highest BCUT2D eigenvalue weighted by atomic mass is 16.4. The molecular formula is C11H20N4O. The van der Waals surface area contributed by atoms with Gasteiger partial charge in [-0.05, 0) is 26.9 Å². The summed E-state index contributed by atoms with van der Waals surface area (Å²) >= 11 is 0. The molecule has 1 saturated heterocycles. The largest absolute Gasteiger partial charge is 0.432 e. The Kier molecular flexibility index (Phi) is 3.46. The summed E-state index contributed by atoms with van der Waals surface area (Å²) in [5.41, 5.74) is 6.33. The van der Waals surface area contributed by atoms with Gasteiger partial charge in [0.25, 0.3) is 6.01 Å². The Morgan fingerprint density at radius 1 is 1.50 bits per heavy atom. The standard InChI is InChI=1S/C11H20N4O/c1-14(2)10-3-5-15(6-4-10)11-13-9(7-12)8-16-11/h8,10H,3-7,12H2,1-2H3. The van der Waals surface area contributed by atoms with Gasteiger partial charge in [0.2, 0.25) is 0 Å². The highest BCUT2D eigenvalue weighted by Gasteiger charge is 2.23. The summed E-state index contributed by atoms with van der Waals surface area (Å²) in [6.07, 6.45) is 3.97. The van der Waals surface area contributed by atoms with Gasteiger partial charge >= 0.3 is 0 Å². The van der Waals surface area contributed by atoms with Gasteiger partial charge in [-0.2, -0.15) is 4.98 Å². The molecule has 0 spiro atoms. The first-order chi connectivity index (χ1) is 7.70. The molecule has 1 aromatic heterocycles. The second kappa shape index (κ2) is 4.84. The van der Waals surface area contributed by atoms with Crippen molar-refractivity contribution in [3.05, 3.63) is 12.0 Å². The molecule has 1 aliphatic rings. The van der Waals surface area contributed by atoms with Crippen LogP contribution in [0.4, 0.5) is 6.01 Å². The predicted molar refractivity (Wildman–Crippen MR) is 63.3 cm³/mol. The van der Waals surface area contributed by atoms with Gasteiger partial charge in [0, 0.05) is 25.7 Å². The van der Waals surface area contributed by atoms with E-state index in [1.54, 1.807) is 6.26 Å². The lowest BCUT2D eigenvalue weighted by Gasteiger charge is -2.34. The molecule has 1 aliphatic heterocycles. The van der Waals surface area contributed by atoms with Crippen LogP contribution in [0.1, 0.15) is 18.5 Å². The molecule has 0 atom stereocenters. The minimum Gasteiger partial charge on any atom is -0.432 e. The summed E-state index contributed by atoms with van der Waals surface area (Å²) in [6, 6.07) is 1.40. The van der Waals surface area contributed by atoms with E-state index in [1.165, 1.54) is 0 Å². The number of hydrogen-bond donors (Lipinski definition) is 1. The molecule has 2 heterocycles. The maximum atomic E-state index is 5.51. The summed E-state index contributed by atoms with van der Waals surface area (Å²) in [7, 11) is 4.27. The number of piperidine rings is 1. The monoisotopic (exact) mass is 224 g/mol. The number of anilines is 1. The van der Waals surface area contributed by atoms with E-state index in [9.17, 15) is 0 Å². The summed E-state index contributed by atoms with van der Waals surface area (Å²) in [5, 5.41) is 0. The van der Waals surface area contributed by atoms with Crippen molar-refractivity contribution in [1.29, 1.82) is 0 Å². The average Bonchev–Trinajstić information content (AvgIpc) is 2.77.